The van der Waals surface area contributed by atoms with Crippen molar-refractivity contribution in [2.45, 2.75) is 45.2 Å². The third-order valence-corrected chi connectivity index (χ3v) is 5.59. The van der Waals surface area contributed by atoms with Gasteiger partial charge in [-0.2, -0.15) is 10.2 Å². The molecule has 0 spiro atoms. The van der Waals surface area contributed by atoms with E-state index in [-0.39, 0.29) is 11.9 Å². The summed E-state index contributed by atoms with van der Waals surface area (Å²) in [7, 11) is 0. The van der Waals surface area contributed by atoms with Gasteiger partial charge in [-0.1, -0.05) is 13.8 Å². The molecule has 1 amide bonds. The van der Waals surface area contributed by atoms with Gasteiger partial charge in [0, 0.05) is 36.0 Å². The van der Waals surface area contributed by atoms with Crippen LogP contribution in [-0.2, 0) is 11.3 Å². The molecule has 2 N–H and O–H groups in total. The van der Waals surface area contributed by atoms with Gasteiger partial charge in [-0.15, -0.1) is 5.10 Å². The molecular weight excluding hydrogens is 404 g/mol. The van der Waals surface area contributed by atoms with E-state index in [0.29, 0.717) is 30.5 Å². The van der Waals surface area contributed by atoms with Crippen LogP contribution < -0.4 is 10.6 Å². The fourth-order valence-electron chi connectivity index (χ4n) is 3.78. The minimum atomic E-state index is 0.110. The number of anilines is 2. The number of fused-ring (bicyclic) bond motifs is 1. The molecule has 9 heteroatoms. The largest absolute Gasteiger partial charge is 0.351 e. The monoisotopic (exact) mass is 428 g/mol. The lowest BCUT2D eigenvalue weighted by Gasteiger charge is -2.09. The molecule has 0 radical (unpaired) electrons. The van der Waals surface area contributed by atoms with Crippen molar-refractivity contribution in [2.24, 2.45) is 0 Å². The minimum absolute atomic E-state index is 0.110. The molecular formula is C23H24N8O. The van der Waals surface area contributed by atoms with Gasteiger partial charge in [-0.3, -0.25) is 14.5 Å². The lowest BCUT2D eigenvalue weighted by molar-refractivity contribution is -0.119. The minimum Gasteiger partial charge on any atom is -0.351 e. The normalized spacial score (nSPS) is 16.0. The van der Waals surface area contributed by atoms with Crippen molar-refractivity contribution in [2.75, 3.05) is 5.32 Å². The van der Waals surface area contributed by atoms with Crippen LogP contribution in [-0.4, -0.2) is 41.9 Å². The highest BCUT2D eigenvalue weighted by Crippen LogP contribution is 2.24. The van der Waals surface area contributed by atoms with Gasteiger partial charge in [-0.25, -0.2) is 4.98 Å². The number of rotatable bonds is 6. The highest BCUT2D eigenvalue weighted by molar-refractivity contribution is 5.81. The Morgan fingerprint density at radius 3 is 2.84 bits per heavy atom. The molecule has 0 aliphatic carbocycles. The lowest BCUT2D eigenvalue weighted by atomic mass is 10.1. The second-order valence-electron chi connectivity index (χ2n) is 8.37. The van der Waals surface area contributed by atoms with Crippen LogP contribution in [0.5, 0.6) is 0 Å². The Kier molecular flexibility index (Phi) is 5.22. The predicted molar refractivity (Wildman–Crippen MR) is 121 cm³/mol. The summed E-state index contributed by atoms with van der Waals surface area (Å²) in [6.07, 6.45) is 8.82. The number of carbonyl (C=O) groups excluding carboxylic acids is 1. The van der Waals surface area contributed by atoms with Crippen molar-refractivity contribution in [1.82, 2.24) is 35.3 Å². The number of nitrogens with one attached hydrogen (secondary N) is 2. The van der Waals surface area contributed by atoms with E-state index in [0.717, 1.165) is 34.1 Å². The maximum atomic E-state index is 11.4. The molecule has 4 aromatic heterocycles. The van der Waals surface area contributed by atoms with Crippen LogP contribution in [0.1, 0.15) is 38.2 Å². The first-order valence-electron chi connectivity index (χ1n) is 10.7. The zero-order valence-corrected chi connectivity index (χ0v) is 18.0. The molecule has 4 aromatic rings. The molecule has 0 unspecified atom stereocenters. The summed E-state index contributed by atoms with van der Waals surface area (Å²) in [5.74, 6) is 1.82. The second-order valence-corrected chi connectivity index (χ2v) is 8.37. The molecule has 1 aliphatic rings. The average molecular weight is 429 g/mol. The standard InChI is InChI=1S/C23H24N8O/c1-14(2)15-8-22(30-25-10-15)29-21-5-4-19-20(28-21)7-16(9-24-19)17-11-26-31(12-17)13-18-3-6-23(32)27-18/h4-5,7-12,14,18H,3,6,13H2,1-2H3,(H,27,32)(H,28,29,30)/t18-/m0/s1. The van der Waals surface area contributed by atoms with Crippen molar-refractivity contribution in [3.63, 3.8) is 0 Å². The van der Waals surface area contributed by atoms with Crippen molar-refractivity contribution < 1.29 is 4.79 Å². The summed E-state index contributed by atoms with van der Waals surface area (Å²) in [5.41, 5.74) is 4.59. The van der Waals surface area contributed by atoms with Crippen molar-refractivity contribution in [3.8, 4) is 11.1 Å². The van der Waals surface area contributed by atoms with Crippen LogP contribution in [0.25, 0.3) is 22.2 Å². The number of amides is 1. The molecule has 1 fully saturated rings. The number of hydrogen-bond acceptors (Lipinski definition) is 7. The highest BCUT2D eigenvalue weighted by Gasteiger charge is 2.21. The first kappa shape index (κ1) is 20.0. The molecule has 162 valence electrons. The van der Waals surface area contributed by atoms with Crippen molar-refractivity contribution >= 4 is 28.6 Å². The van der Waals surface area contributed by atoms with E-state index >= 15 is 0 Å². The highest BCUT2D eigenvalue weighted by atomic mass is 16.1. The Balaban J connectivity index is 1.37. The van der Waals surface area contributed by atoms with Gasteiger partial charge in [0.2, 0.25) is 5.91 Å². The Bertz CT molecular complexity index is 1280. The van der Waals surface area contributed by atoms with E-state index in [1.807, 2.05) is 47.5 Å². The first-order chi connectivity index (χ1) is 15.5. The molecule has 0 saturated carbocycles. The van der Waals surface area contributed by atoms with Gasteiger partial charge in [0.25, 0.3) is 0 Å². The summed E-state index contributed by atoms with van der Waals surface area (Å²) < 4.78 is 1.86. The Hall–Kier alpha value is -3.88. The molecule has 9 nitrogen and oxygen atoms in total. The van der Waals surface area contributed by atoms with E-state index < -0.39 is 0 Å². The van der Waals surface area contributed by atoms with Gasteiger partial charge >= 0.3 is 0 Å². The number of nitrogens with zero attached hydrogens (tertiary/aromatic N) is 6. The third kappa shape index (κ3) is 4.27. The van der Waals surface area contributed by atoms with Gasteiger partial charge < -0.3 is 10.6 Å². The Morgan fingerprint density at radius 2 is 2.03 bits per heavy atom. The topological polar surface area (TPSA) is 111 Å². The Morgan fingerprint density at radius 1 is 1.12 bits per heavy atom. The maximum Gasteiger partial charge on any atom is 0.220 e. The number of aromatic nitrogens is 6. The van der Waals surface area contributed by atoms with Crippen molar-refractivity contribution in [1.29, 1.82) is 0 Å². The summed E-state index contributed by atoms with van der Waals surface area (Å²) in [5, 5.41) is 18.9. The van der Waals surface area contributed by atoms with Gasteiger partial charge in [0.05, 0.1) is 30.0 Å². The molecule has 0 bridgehead atoms. The second kappa shape index (κ2) is 8.33. The SMILES string of the molecule is CC(C)c1cnnc(Nc2ccc3ncc(-c4cnn(C[C@@H]5CCC(=O)N5)c4)cc3n2)c1. The van der Waals surface area contributed by atoms with E-state index in [9.17, 15) is 4.79 Å². The molecule has 1 atom stereocenters. The maximum absolute atomic E-state index is 11.4. The van der Waals surface area contributed by atoms with Crippen LogP contribution in [0.2, 0.25) is 0 Å². The zero-order valence-electron chi connectivity index (χ0n) is 18.0. The predicted octanol–water partition coefficient (Wildman–Crippen LogP) is 3.43. The van der Waals surface area contributed by atoms with Crippen LogP contribution in [0.4, 0.5) is 11.6 Å². The molecule has 0 aromatic carbocycles. The number of pyridine rings is 2. The van der Waals surface area contributed by atoms with Crippen LogP contribution in [0, 0.1) is 0 Å². The van der Waals surface area contributed by atoms with E-state index in [4.69, 9.17) is 4.98 Å². The molecule has 1 aliphatic heterocycles. The number of hydrogen-bond donors (Lipinski definition) is 2. The van der Waals surface area contributed by atoms with E-state index in [1.165, 1.54) is 0 Å². The van der Waals surface area contributed by atoms with Crippen LogP contribution in [0.15, 0.2) is 49.1 Å². The van der Waals surface area contributed by atoms with Gasteiger partial charge in [-0.05, 0) is 42.2 Å². The number of carbonyl (C=O) groups is 1. The van der Waals surface area contributed by atoms with Gasteiger partial charge in [0.1, 0.15) is 5.82 Å². The smallest absolute Gasteiger partial charge is 0.220 e. The van der Waals surface area contributed by atoms with Crippen LogP contribution in [0.3, 0.4) is 0 Å². The first-order valence-corrected chi connectivity index (χ1v) is 10.7. The summed E-state index contributed by atoms with van der Waals surface area (Å²) in [6, 6.07) is 7.94. The molecule has 5 rings (SSSR count). The Labute approximate surface area is 185 Å². The average Bonchev–Trinajstić information content (AvgIpc) is 3.42. The lowest BCUT2D eigenvalue weighted by Crippen LogP contribution is -2.29. The van der Waals surface area contributed by atoms with Crippen molar-refractivity contribution in [3.05, 3.63) is 54.6 Å². The van der Waals surface area contributed by atoms with Crippen LogP contribution >= 0.6 is 0 Å². The molecule has 1 saturated heterocycles. The third-order valence-electron chi connectivity index (χ3n) is 5.59. The molecule has 5 heterocycles. The van der Waals surface area contributed by atoms with E-state index in [1.54, 1.807) is 6.20 Å². The summed E-state index contributed by atoms with van der Waals surface area (Å²) in [6.45, 7) is 4.90. The summed E-state index contributed by atoms with van der Waals surface area (Å²) >= 11 is 0. The summed E-state index contributed by atoms with van der Waals surface area (Å²) in [4.78, 5) is 20.7. The van der Waals surface area contributed by atoms with E-state index in [2.05, 4.69) is 44.8 Å². The fourth-order valence-corrected chi connectivity index (χ4v) is 3.78. The fraction of sp³-hybridized carbons (Fsp3) is 0.304. The zero-order chi connectivity index (χ0) is 22.1. The quantitative estimate of drug-likeness (QED) is 0.484. The van der Waals surface area contributed by atoms with Gasteiger partial charge in [0.15, 0.2) is 5.82 Å². The molecule has 32 heavy (non-hydrogen) atoms.